The third-order valence-electron chi connectivity index (χ3n) is 0.0861. The summed E-state index contributed by atoms with van der Waals surface area (Å²) in [5, 5.41) is 0. The van der Waals surface area contributed by atoms with Crippen LogP contribution < -0.4 is 5.90 Å². The van der Waals surface area contributed by atoms with Crippen LogP contribution in [0.5, 0.6) is 0 Å². The molecule has 0 saturated carbocycles. The fourth-order valence-corrected chi connectivity index (χ4v) is 0. The Morgan fingerprint density at radius 3 is 1.67 bits per heavy atom. The Morgan fingerprint density at radius 1 is 1.50 bits per heavy atom. The molecule has 6 heteroatoms. The fourth-order valence-electron chi connectivity index (χ4n) is 0. The Bertz CT molecular complexity index is 68.9. The normalized spacial score (nSPS) is 7.67. The number of thiol groups is 1. The SMILES string of the molecule is NO[SH](=O)=O.[NaH]. The van der Waals surface area contributed by atoms with Gasteiger partial charge in [0.25, 0.3) is 11.0 Å². The first kappa shape index (κ1) is 9.98. The first-order valence-electron chi connectivity index (χ1n) is 0.783. The average Bonchev–Trinajstić information content (AvgIpc) is 1.38. The number of nitrogens with two attached hydrogens (primary N) is 1. The van der Waals surface area contributed by atoms with Crippen molar-refractivity contribution < 1.29 is 12.7 Å². The molecule has 0 aromatic rings. The van der Waals surface area contributed by atoms with E-state index in [0.29, 0.717) is 0 Å². The summed E-state index contributed by atoms with van der Waals surface area (Å²) < 4.78 is 21.3. The van der Waals surface area contributed by atoms with Gasteiger partial charge in [-0.3, -0.25) is 0 Å². The van der Waals surface area contributed by atoms with Crippen molar-refractivity contribution in [1.82, 2.24) is 0 Å². The van der Waals surface area contributed by atoms with Crippen LogP contribution in [0.4, 0.5) is 0 Å². The zero-order chi connectivity index (χ0) is 4.28. The number of hydrogen-bond donors (Lipinski definition) is 2. The van der Waals surface area contributed by atoms with E-state index in [4.69, 9.17) is 8.42 Å². The first-order chi connectivity index (χ1) is 2.27. The molecule has 0 radical (unpaired) electrons. The molecule has 0 aliphatic rings. The van der Waals surface area contributed by atoms with Crippen LogP contribution in [0.1, 0.15) is 0 Å². The maximum atomic E-state index is 9.06. The van der Waals surface area contributed by atoms with Gasteiger partial charge in [-0.2, -0.15) is 10.2 Å². The van der Waals surface area contributed by atoms with E-state index in [2.05, 4.69) is 10.2 Å². The van der Waals surface area contributed by atoms with Gasteiger partial charge >= 0.3 is 29.6 Å². The summed E-state index contributed by atoms with van der Waals surface area (Å²) in [5.74, 6) is 4.08. The van der Waals surface area contributed by atoms with Gasteiger partial charge in [-0.25, -0.2) is 8.42 Å². The standard InChI is InChI=1S/H3NO3S.Na.H/c1-4-5(2)3;;/h5H,1H2;;. The Kier molecular flexibility index (Phi) is 9.76. The summed E-state index contributed by atoms with van der Waals surface area (Å²) >= 11 is 0. The summed E-state index contributed by atoms with van der Waals surface area (Å²) in [6.45, 7) is 0. The molecule has 0 rings (SSSR count). The van der Waals surface area contributed by atoms with Gasteiger partial charge < -0.3 is 0 Å². The van der Waals surface area contributed by atoms with Crippen LogP contribution in [-0.2, 0) is 15.3 Å². The predicted octanol–water partition coefficient (Wildman–Crippen LogP) is -2.25. The quantitative estimate of drug-likeness (QED) is 0.234. The molecule has 0 fully saturated rings. The summed E-state index contributed by atoms with van der Waals surface area (Å²) in [6.07, 6.45) is 0. The molecular weight excluding hydrogens is 117 g/mol. The molecule has 0 aromatic carbocycles. The van der Waals surface area contributed by atoms with Gasteiger partial charge in [-0.15, -0.1) is 0 Å². The zero-order valence-corrected chi connectivity index (χ0v) is 3.14. The minimum absolute atomic E-state index is 0. The molecule has 0 aliphatic heterocycles. The van der Waals surface area contributed by atoms with Gasteiger partial charge in [-0.05, 0) is 0 Å². The van der Waals surface area contributed by atoms with Crippen molar-refractivity contribution in [2.75, 3.05) is 0 Å². The van der Waals surface area contributed by atoms with E-state index in [0.717, 1.165) is 0 Å². The van der Waals surface area contributed by atoms with Gasteiger partial charge in [0.15, 0.2) is 0 Å². The molecule has 0 saturated heterocycles. The van der Waals surface area contributed by atoms with Gasteiger partial charge in [0.1, 0.15) is 0 Å². The Hall–Kier alpha value is 0.870. The molecule has 0 aliphatic carbocycles. The molecule has 6 heavy (non-hydrogen) atoms. The van der Waals surface area contributed by atoms with E-state index in [1.807, 2.05) is 0 Å². The summed E-state index contributed by atoms with van der Waals surface area (Å²) in [5.41, 5.74) is 0. The van der Waals surface area contributed by atoms with Crippen molar-refractivity contribution in [3.63, 3.8) is 0 Å². The molecule has 2 N–H and O–H groups in total. The summed E-state index contributed by atoms with van der Waals surface area (Å²) in [7, 11) is -2.82. The second-order valence-corrected chi connectivity index (χ2v) is 0.987. The van der Waals surface area contributed by atoms with E-state index in [-0.39, 0.29) is 29.6 Å². The third-order valence-corrected chi connectivity index (χ3v) is 0.258. The molecule has 0 unspecified atom stereocenters. The van der Waals surface area contributed by atoms with E-state index in [9.17, 15) is 0 Å². The van der Waals surface area contributed by atoms with Crippen molar-refractivity contribution in [3.8, 4) is 0 Å². The molecule has 0 aromatic heterocycles. The monoisotopic (exact) mass is 121 g/mol. The topological polar surface area (TPSA) is 69.4 Å². The van der Waals surface area contributed by atoms with Gasteiger partial charge in [0.2, 0.25) is 0 Å². The number of hydrogen-bond acceptors (Lipinski definition) is 4. The second kappa shape index (κ2) is 5.87. The van der Waals surface area contributed by atoms with E-state index in [1.54, 1.807) is 0 Å². The molecule has 4 nitrogen and oxygen atoms in total. The molecule has 34 valence electrons. The van der Waals surface area contributed by atoms with Gasteiger partial charge in [-0.1, -0.05) is 0 Å². The minimum atomic E-state index is -2.82. The van der Waals surface area contributed by atoms with Crippen LogP contribution in [0.3, 0.4) is 0 Å². The zero-order valence-electron chi connectivity index (χ0n) is 2.25. The van der Waals surface area contributed by atoms with E-state index >= 15 is 0 Å². The summed E-state index contributed by atoms with van der Waals surface area (Å²) in [4.78, 5) is 0. The fraction of sp³-hybridized carbons (Fsp3) is 0. The van der Waals surface area contributed by atoms with E-state index < -0.39 is 11.0 Å². The van der Waals surface area contributed by atoms with Crippen LogP contribution in [0.15, 0.2) is 0 Å². The Balaban J connectivity index is 0. The third kappa shape index (κ3) is 8.85. The molecule has 0 amide bonds. The van der Waals surface area contributed by atoms with Crippen LogP contribution in [0.2, 0.25) is 0 Å². The predicted molar refractivity (Wildman–Crippen MR) is 22.7 cm³/mol. The number of rotatable bonds is 1. The second-order valence-electron chi connectivity index (χ2n) is 0.329. The molecule has 0 atom stereocenters. The Labute approximate surface area is 59.1 Å². The molecule has 0 spiro atoms. The van der Waals surface area contributed by atoms with Crippen molar-refractivity contribution in [1.29, 1.82) is 0 Å². The van der Waals surface area contributed by atoms with Crippen molar-refractivity contribution in [2.24, 2.45) is 5.90 Å². The molecule has 0 heterocycles. The van der Waals surface area contributed by atoms with Crippen LogP contribution in [-0.4, -0.2) is 38.0 Å². The van der Waals surface area contributed by atoms with E-state index in [1.165, 1.54) is 0 Å². The van der Waals surface area contributed by atoms with Gasteiger partial charge in [0, 0.05) is 0 Å². The maximum absolute atomic E-state index is 9.06. The van der Waals surface area contributed by atoms with Crippen LogP contribution >= 0.6 is 0 Å². The summed E-state index contributed by atoms with van der Waals surface area (Å²) in [6, 6.07) is 0. The average molecular weight is 121 g/mol. The van der Waals surface area contributed by atoms with Crippen LogP contribution in [0, 0.1) is 0 Å². The van der Waals surface area contributed by atoms with Crippen molar-refractivity contribution >= 4 is 40.5 Å². The molecular formula is H4NNaO3S. The van der Waals surface area contributed by atoms with Gasteiger partial charge in [0.05, 0.1) is 0 Å². The van der Waals surface area contributed by atoms with Crippen molar-refractivity contribution in [2.45, 2.75) is 0 Å². The van der Waals surface area contributed by atoms with Crippen LogP contribution in [0.25, 0.3) is 0 Å². The molecule has 0 bridgehead atoms. The first-order valence-corrected chi connectivity index (χ1v) is 1.88. The Morgan fingerprint density at radius 2 is 1.67 bits per heavy atom. The van der Waals surface area contributed by atoms with Crippen molar-refractivity contribution in [3.05, 3.63) is 0 Å².